The topological polar surface area (TPSA) is 74.3 Å². The number of hydrogen-bond donors (Lipinski definition) is 2. The van der Waals surface area contributed by atoms with Gasteiger partial charge in [0, 0.05) is 41.5 Å². The second kappa shape index (κ2) is 8.86. The van der Waals surface area contributed by atoms with E-state index in [1.54, 1.807) is 12.3 Å². The van der Waals surface area contributed by atoms with Gasteiger partial charge in [0.05, 0.1) is 6.54 Å². The first kappa shape index (κ1) is 20.4. The Balaban J connectivity index is 1.42. The van der Waals surface area contributed by atoms with Crippen molar-refractivity contribution in [3.8, 4) is 0 Å². The van der Waals surface area contributed by atoms with Crippen molar-refractivity contribution in [1.82, 2.24) is 15.2 Å². The Morgan fingerprint density at radius 2 is 1.90 bits per heavy atom. The highest BCUT2D eigenvalue weighted by atomic mass is 16.2. The van der Waals surface area contributed by atoms with Gasteiger partial charge >= 0.3 is 0 Å². The van der Waals surface area contributed by atoms with Crippen molar-refractivity contribution >= 4 is 17.6 Å². The molecule has 2 aromatic rings. The zero-order valence-corrected chi connectivity index (χ0v) is 17.8. The minimum atomic E-state index is 0.00485. The van der Waals surface area contributed by atoms with Gasteiger partial charge in [-0.1, -0.05) is 31.4 Å². The molecule has 1 unspecified atom stereocenters. The molecule has 1 saturated carbocycles. The summed E-state index contributed by atoms with van der Waals surface area (Å²) in [5.74, 6) is 0.831. The second-order valence-corrected chi connectivity index (χ2v) is 8.30. The summed E-state index contributed by atoms with van der Waals surface area (Å²) in [6.45, 7) is 5.33. The number of carbonyl (C=O) groups is 2. The minimum Gasteiger partial charge on any atom is -0.363 e. The lowest BCUT2D eigenvalue weighted by molar-refractivity contribution is 0.0786. The number of amides is 2. The number of benzene rings is 1. The summed E-state index contributed by atoms with van der Waals surface area (Å²) >= 11 is 0. The minimum absolute atomic E-state index is 0.00485. The summed E-state index contributed by atoms with van der Waals surface area (Å²) in [4.78, 5) is 31.2. The van der Waals surface area contributed by atoms with E-state index in [0.29, 0.717) is 24.7 Å². The molecule has 2 N–H and O–H groups in total. The maximum atomic E-state index is 12.5. The lowest BCUT2D eigenvalue weighted by atomic mass is 9.95. The quantitative estimate of drug-likeness (QED) is 0.750. The van der Waals surface area contributed by atoms with Crippen molar-refractivity contribution in [2.24, 2.45) is 0 Å². The molecule has 1 aliphatic carbocycles. The van der Waals surface area contributed by atoms with Crippen LogP contribution in [0.5, 0.6) is 0 Å². The predicted octanol–water partition coefficient (Wildman–Crippen LogP) is 4.29. The van der Waals surface area contributed by atoms with E-state index in [1.165, 1.54) is 19.3 Å². The van der Waals surface area contributed by atoms with Gasteiger partial charge in [-0.25, -0.2) is 4.98 Å². The Hall–Kier alpha value is -2.89. The van der Waals surface area contributed by atoms with Gasteiger partial charge in [-0.2, -0.15) is 0 Å². The number of carbonyl (C=O) groups excluding carboxylic acids is 2. The first-order valence-corrected chi connectivity index (χ1v) is 11.0. The molecule has 0 bridgehead atoms. The number of fused-ring (bicyclic) bond motifs is 1. The molecule has 1 aromatic heterocycles. The number of nitrogens with one attached hydrogen (secondary N) is 2. The fourth-order valence-corrected chi connectivity index (χ4v) is 4.39. The van der Waals surface area contributed by atoms with Crippen LogP contribution in [0.4, 0.5) is 5.82 Å². The monoisotopic (exact) mass is 406 g/mol. The fourth-order valence-electron chi connectivity index (χ4n) is 4.39. The van der Waals surface area contributed by atoms with Crippen LogP contribution in [0.3, 0.4) is 0 Å². The molecule has 1 atom stereocenters. The molecular formula is C24H30N4O2. The van der Waals surface area contributed by atoms with Crippen LogP contribution in [-0.2, 0) is 6.54 Å². The van der Waals surface area contributed by atoms with Gasteiger partial charge < -0.3 is 15.5 Å². The van der Waals surface area contributed by atoms with E-state index in [1.807, 2.05) is 36.1 Å². The molecule has 1 aromatic carbocycles. The van der Waals surface area contributed by atoms with Gasteiger partial charge in [-0.15, -0.1) is 0 Å². The lowest BCUT2D eigenvalue weighted by Crippen LogP contribution is -2.36. The van der Waals surface area contributed by atoms with Crippen LogP contribution in [0.15, 0.2) is 36.5 Å². The van der Waals surface area contributed by atoms with Gasteiger partial charge in [0.1, 0.15) is 5.82 Å². The third-order valence-electron chi connectivity index (χ3n) is 6.27. The molecule has 2 aliphatic rings. The first-order valence-electron chi connectivity index (χ1n) is 11.0. The predicted molar refractivity (Wildman–Crippen MR) is 117 cm³/mol. The van der Waals surface area contributed by atoms with E-state index in [9.17, 15) is 9.59 Å². The maximum Gasteiger partial charge on any atom is 0.254 e. The Morgan fingerprint density at radius 1 is 1.17 bits per heavy atom. The zero-order valence-electron chi connectivity index (χ0n) is 17.8. The molecule has 30 heavy (non-hydrogen) atoms. The van der Waals surface area contributed by atoms with E-state index < -0.39 is 0 Å². The number of aromatic nitrogens is 1. The van der Waals surface area contributed by atoms with Gasteiger partial charge in [0.2, 0.25) is 0 Å². The van der Waals surface area contributed by atoms with Gasteiger partial charge in [0.15, 0.2) is 0 Å². The second-order valence-electron chi connectivity index (χ2n) is 8.30. The molecule has 158 valence electrons. The average Bonchev–Trinajstić information content (AvgIpc) is 3.11. The van der Waals surface area contributed by atoms with Crippen LogP contribution < -0.4 is 10.6 Å². The highest BCUT2D eigenvalue weighted by molar-refractivity contribution is 5.99. The van der Waals surface area contributed by atoms with Crippen molar-refractivity contribution in [2.45, 2.75) is 64.6 Å². The molecule has 0 radical (unpaired) electrons. The molecular weight excluding hydrogens is 376 g/mol. The van der Waals surface area contributed by atoms with E-state index in [2.05, 4.69) is 22.5 Å². The molecule has 1 aliphatic heterocycles. The first-order chi connectivity index (χ1) is 14.6. The lowest BCUT2D eigenvalue weighted by Gasteiger charge is -2.23. The van der Waals surface area contributed by atoms with E-state index in [-0.39, 0.29) is 17.9 Å². The van der Waals surface area contributed by atoms with Crippen molar-refractivity contribution < 1.29 is 9.59 Å². The van der Waals surface area contributed by atoms with Crippen LogP contribution >= 0.6 is 0 Å². The summed E-state index contributed by atoms with van der Waals surface area (Å²) in [5.41, 5.74) is 3.45. The molecule has 6 nitrogen and oxygen atoms in total. The maximum absolute atomic E-state index is 12.5. The Labute approximate surface area is 178 Å². The van der Waals surface area contributed by atoms with Crippen LogP contribution in [0.1, 0.15) is 83.8 Å². The van der Waals surface area contributed by atoms with Crippen LogP contribution in [0.25, 0.3) is 0 Å². The highest BCUT2D eigenvalue weighted by Crippen LogP contribution is 2.29. The third kappa shape index (κ3) is 4.18. The van der Waals surface area contributed by atoms with Crippen LogP contribution in [0, 0.1) is 0 Å². The molecule has 4 rings (SSSR count). The van der Waals surface area contributed by atoms with Gasteiger partial charge in [-0.3, -0.25) is 9.59 Å². The summed E-state index contributed by atoms with van der Waals surface area (Å²) in [6.07, 6.45) is 7.52. The van der Waals surface area contributed by atoms with Crippen molar-refractivity contribution in [3.05, 3.63) is 58.8 Å². The molecule has 6 heteroatoms. The van der Waals surface area contributed by atoms with E-state index >= 15 is 0 Å². The largest absolute Gasteiger partial charge is 0.363 e. The SMILES string of the molecule is CCN1Cc2c(ccnc2NC(C)c2ccc(C(=O)NC3CCCCC3)cc2)C1=O. The van der Waals surface area contributed by atoms with Gasteiger partial charge in [0.25, 0.3) is 11.8 Å². The van der Waals surface area contributed by atoms with Crippen molar-refractivity contribution in [3.63, 3.8) is 0 Å². The summed E-state index contributed by atoms with van der Waals surface area (Å²) in [7, 11) is 0. The number of hydrogen-bond acceptors (Lipinski definition) is 4. The zero-order chi connectivity index (χ0) is 21.1. The summed E-state index contributed by atoms with van der Waals surface area (Å²) < 4.78 is 0. The molecule has 0 saturated heterocycles. The number of anilines is 1. The van der Waals surface area contributed by atoms with E-state index in [0.717, 1.165) is 35.3 Å². The van der Waals surface area contributed by atoms with Crippen LogP contribution in [0.2, 0.25) is 0 Å². The van der Waals surface area contributed by atoms with Gasteiger partial charge in [-0.05, 0) is 50.5 Å². The fraction of sp³-hybridized carbons (Fsp3) is 0.458. The standard InChI is InChI=1S/C24H30N4O2/c1-3-28-15-21-20(24(28)30)13-14-25-22(21)26-16(2)17-9-11-18(12-10-17)23(29)27-19-7-5-4-6-8-19/h9-14,16,19H,3-8,15H2,1-2H3,(H,25,26)(H,27,29). The molecule has 2 heterocycles. The molecule has 0 spiro atoms. The number of rotatable bonds is 6. The smallest absolute Gasteiger partial charge is 0.254 e. The van der Waals surface area contributed by atoms with E-state index in [4.69, 9.17) is 0 Å². The average molecular weight is 407 g/mol. The third-order valence-corrected chi connectivity index (χ3v) is 6.27. The Kier molecular flexibility index (Phi) is 6.02. The molecule has 2 amide bonds. The van der Waals surface area contributed by atoms with Crippen LogP contribution in [-0.4, -0.2) is 34.3 Å². The van der Waals surface area contributed by atoms with Crippen molar-refractivity contribution in [1.29, 1.82) is 0 Å². The van der Waals surface area contributed by atoms with Crippen molar-refractivity contribution in [2.75, 3.05) is 11.9 Å². The Bertz CT molecular complexity index is 919. The summed E-state index contributed by atoms with van der Waals surface area (Å²) in [6, 6.07) is 9.85. The normalized spacial score (nSPS) is 17.5. The highest BCUT2D eigenvalue weighted by Gasteiger charge is 2.29. The molecule has 1 fully saturated rings. The summed E-state index contributed by atoms with van der Waals surface area (Å²) in [5, 5.41) is 6.61. The number of nitrogens with zero attached hydrogens (tertiary/aromatic N) is 2. The Morgan fingerprint density at radius 3 is 2.60 bits per heavy atom. The number of pyridine rings is 1.